The van der Waals surface area contributed by atoms with Crippen LogP contribution in [0.25, 0.3) is 0 Å². The first-order valence-electron chi connectivity index (χ1n) is 10.5. The Morgan fingerprint density at radius 1 is 1.03 bits per heavy atom. The minimum atomic E-state index is -0.766. The molecule has 2 aromatic rings. The maximum Gasteiger partial charge on any atom is 0.338 e. The van der Waals surface area contributed by atoms with Crippen LogP contribution >= 0.6 is 0 Å². The van der Waals surface area contributed by atoms with E-state index in [-0.39, 0.29) is 23.2 Å². The average Bonchev–Trinajstić information content (AvgIpc) is 3.08. The van der Waals surface area contributed by atoms with Crippen molar-refractivity contribution in [1.29, 1.82) is 0 Å². The summed E-state index contributed by atoms with van der Waals surface area (Å²) in [5.74, 6) is -2.19. The van der Waals surface area contributed by atoms with Crippen LogP contribution in [0.3, 0.4) is 0 Å². The Kier molecular flexibility index (Phi) is 6.50. The Morgan fingerprint density at radius 2 is 1.73 bits per heavy atom. The summed E-state index contributed by atoms with van der Waals surface area (Å²) in [6, 6.07) is 11.5. The van der Waals surface area contributed by atoms with Crippen molar-refractivity contribution in [3.8, 4) is 0 Å². The predicted octanol–water partition coefficient (Wildman–Crippen LogP) is 2.10. The smallest absolute Gasteiger partial charge is 0.338 e. The van der Waals surface area contributed by atoms with Crippen LogP contribution in [0.1, 0.15) is 31.1 Å². The lowest BCUT2D eigenvalue weighted by atomic mass is 10.1. The van der Waals surface area contributed by atoms with Gasteiger partial charge in [-0.25, -0.2) is 4.79 Å². The van der Waals surface area contributed by atoms with E-state index in [2.05, 4.69) is 16.8 Å². The molecule has 0 bridgehead atoms. The molecule has 1 saturated heterocycles. The minimum Gasteiger partial charge on any atom is -0.452 e. The molecule has 0 aliphatic carbocycles. The Balaban J connectivity index is 1.32. The molecule has 9 heteroatoms. The Labute approximate surface area is 190 Å². The molecule has 0 unspecified atom stereocenters. The molecule has 0 aromatic heterocycles. The molecule has 0 atom stereocenters. The summed E-state index contributed by atoms with van der Waals surface area (Å²) in [5, 5.41) is 2.68. The van der Waals surface area contributed by atoms with Crippen molar-refractivity contribution in [1.82, 2.24) is 4.90 Å². The molecule has 33 heavy (non-hydrogen) atoms. The number of esters is 1. The quantitative estimate of drug-likeness (QED) is 0.392. The molecule has 0 spiro atoms. The normalized spacial score (nSPS) is 15.3. The number of nitrogens with one attached hydrogen (secondary N) is 1. The Bertz CT molecular complexity index is 1110. The molecule has 9 nitrogen and oxygen atoms in total. The van der Waals surface area contributed by atoms with Crippen molar-refractivity contribution < 1.29 is 28.7 Å². The molecule has 0 radical (unpaired) electrons. The molecule has 170 valence electrons. The third-order valence-electron chi connectivity index (χ3n) is 5.38. The van der Waals surface area contributed by atoms with E-state index in [1.165, 1.54) is 24.3 Å². The van der Waals surface area contributed by atoms with Crippen LogP contribution in [0.2, 0.25) is 0 Å². The maximum absolute atomic E-state index is 12.4. The highest BCUT2D eigenvalue weighted by atomic mass is 16.5. The number of hydrogen-bond donors (Lipinski definition) is 1. The second-order valence-electron chi connectivity index (χ2n) is 7.54. The van der Waals surface area contributed by atoms with Gasteiger partial charge in [0.25, 0.3) is 17.7 Å². The minimum absolute atomic E-state index is 0.0815. The molecule has 1 fully saturated rings. The largest absolute Gasteiger partial charge is 0.452 e. The monoisotopic (exact) mass is 449 g/mol. The fraction of sp³-hybridized carbons (Fsp3) is 0.250. The van der Waals surface area contributed by atoms with Crippen molar-refractivity contribution in [3.63, 3.8) is 0 Å². The average molecular weight is 449 g/mol. The molecule has 4 rings (SSSR count). The van der Waals surface area contributed by atoms with E-state index in [1.807, 2.05) is 12.1 Å². The van der Waals surface area contributed by atoms with Gasteiger partial charge < -0.3 is 19.7 Å². The van der Waals surface area contributed by atoms with Gasteiger partial charge in [0.2, 0.25) is 0 Å². The number of carbonyl (C=O) groups is 4. The van der Waals surface area contributed by atoms with Gasteiger partial charge in [0.05, 0.1) is 29.9 Å². The number of carbonyl (C=O) groups excluding carboxylic acids is 4. The van der Waals surface area contributed by atoms with Crippen LogP contribution in [-0.4, -0.2) is 68.0 Å². The van der Waals surface area contributed by atoms with Crippen LogP contribution in [0.15, 0.2) is 55.1 Å². The molecule has 3 amide bonds. The van der Waals surface area contributed by atoms with Crippen LogP contribution < -0.4 is 10.2 Å². The highest BCUT2D eigenvalue weighted by Gasteiger charge is 2.35. The fourth-order valence-electron chi connectivity index (χ4n) is 3.70. The van der Waals surface area contributed by atoms with E-state index >= 15 is 0 Å². The lowest BCUT2D eigenvalue weighted by Gasteiger charge is -2.28. The van der Waals surface area contributed by atoms with Crippen molar-refractivity contribution in [2.45, 2.75) is 0 Å². The number of benzene rings is 2. The molecule has 2 aliphatic rings. The fourth-order valence-corrected chi connectivity index (χ4v) is 3.70. The molecule has 2 heterocycles. The van der Waals surface area contributed by atoms with Gasteiger partial charge in [-0.1, -0.05) is 6.08 Å². The molecule has 0 saturated carbocycles. The van der Waals surface area contributed by atoms with Crippen LogP contribution in [0.4, 0.5) is 11.4 Å². The predicted molar refractivity (Wildman–Crippen MR) is 120 cm³/mol. The highest BCUT2D eigenvalue weighted by Crippen LogP contribution is 2.24. The number of imide groups is 1. The van der Waals surface area contributed by atoms with Crippen molar-refractivity contribution in [3.05, 3.63) is 71.8 Å². The highest BCUT2D eigenvalue weighted by molar-refractivity contribution is 6.22. The molecular weight excluding hydrogens is 426 g/mol. The summed E-state index contributed by atoms with van der Waals surface area (Å²) >= 11 is 0. The van der Waals surface area contributed by atoms with E-state index in [1.54, 1.807) is 12.1 Å². The topological polar surface area (TPSA) is 105 Å². The van der Waals surface area contributed by atoms with Gasteiger partial charge in [0.1, 0.15) is 0 Å². The number of amides is 3. The molecular formula is C24H23N3O6. The van der Waals surface area contributed by atoms with Gasteiger partial charge in [-0.3, -0.25) is 19.3 Å². The first-order chi connectivity index (χ1) is 16.0. The second kappa shape index (κ2) is 9.66. The van der Waals surface area contributed by atoms with E-state index < -0.39 is 30.3 Å². The standard InChI is InChI=1S/C24H23N3O6/c1-2-9-27-22(29)19-8-3-16(14-20(19)23(27)30)24(31)33-15-21(28)25-17-4-6-18(7-5-17)26-10-12-32-13-11-26/h2-8,14H,1,9-13,15H2,(H,25,28). The van der Waals surface area contributed by atoms with Crippen LogP contribution in [0, 0.1) is 0 Å². The summed E-state index contributed by atoms with van der Waals surface area (Å²) < 4.78 is 10.4. The van der Waals surface area contributed by atoms with Crippen molar-refractivity contribution in [2.75, 3.05) is 49.7 Å². The van der Waals surface area contributed by atoms with Gasteiger partial charge in [-0.05, 0) is 42.5 Å². The van der Waals surface area contributed by atoms with Gasteiger partial charge in [-0.2, -0.15) is 0 Å². The van der Waals surface area contributed by atoms with E-state index in [0.29, 0.717) is 18.9 Å². The Morgan fingerprint density at radius 3 is 2.42 bits per heavy atom. The summed E-state index contributed by atoms with van der Waals surface area (Å²) in [6.07, 6.45) is 1.45. The Hall–Kier alpha value is -3.98. The zero-order chi connectivity index (χ0) is 23.4. The first-order valence-corrected chi connectivity index (χ1v) is 10.5. The number of hydrogen-bond acceptors (Lipinski definition) is 7. The van der Waals surface area contributed by atoms with E-state index in [0.717, 1.165) is 23.7 Å². The van der Waals surface area contributed by atoms with Crippen molar-refractivity contribution in [2.24, 2.45) is 0 Å². The van der Waals surface area contributed by atoms with Crippen molar-refractivity contribution >= 4 is 35.1 Å². The first kappa shape index (κ1) is 22.2. The number of ether oxygens (including phenoxy) is 2. The summed E-state index contributed by atoms with van der Waals surface area (Å²) in [4.78, 5) is 52.5. The van der Waals surface area contributed by atoms with Gasteiger partial charge in [0, 0.05) is 31.0 Å². The lowest BCUT2D eigenvalue weighted by molar-refractivity contribution is -0.119. The third-order valence-corrected chi connectivity index (χ3v) is 5.38. The number of fused-ring (bicyclic) bond motifs is 1. The summed E-state index contributed by atoms with van der Waals surface area (Å²) in [7, 11) is 0. The summed E-state index contributed by atoms with van der Waals surface area (Å²) in [5.41, 5.74) is 2.05. The van der Waals surface area contributed by atoms with Gasteiger partial charge >= 0.3 is 5.97 Å². The van der Waals surface area contributed by atoms with Crippen LogP contribution in [0.5, 0.6) is 0 Å². The zero-order valence-electron chi connectivity index (χ0n) is 17.9. The second-order valence-corrected chi connectivity index (χ2v) is 7.54. The number of morpholine rings is 1. The van der Waals surface area contributed by atoms with Gasteiger partial charge in [0.15, 0.2) is 6.61 Å². The molecule has 1 N–H and O–H groups in total. The van der Waals surface area contributed by atoms with E-state index in [4.69, 9.17) is 9.47 Å². The molecule has 2 aliphatic heterocycles. The van der Waals surface area contributed by atoms with E-state index in [9.17, 15) is 19.2 Å². The number of rotatable bonds is 7. The SMILES string of the molecule is C=CCN1C(=O)c2ccc(C(=O)OCC(=O)Nc3ccc(N4CCOCC4)cc3)cc2C1=O. The van der Waals surface area contributed by atoms with Crippen LogP contribution in [-0.2, 0) is 14.3 Å². The lowest BCUT2D eigenvalue weighted by Crippen LogP contribution is -2.36. The molecule has 2 aromatic carbocycles. The third kappa shape index (κ3) is 4.78. The zero-order valence-corrected chi connectivity index (χ0v) is 17.9. The number of nitrogens with zero attached hydrogens (tertiary/aromatic N) is 2. The number of anilines is 2. The summed E-state index contributed by atoms with van der Waals surface area (Å²) in [6.45, 7) is 6.13. The van der Waals surface area contributed by atoms with Gasteiger partial charge in [-0.15, -0.1) is 6.58 Å². The maximum atomic E-state index is 12.4.